The maximum absolute atomic E-state index is 14.0. The van der Waals surface area contributed by atoms with E-state index in [0.29, 0.717) is 27.8 Å². The highest BCUT2D eigenvalue weighted by Gasteiger charge is 2.38. The summed E-state index contributed by atoms with van der Waals surface area (Å²) in [6.45, 7) is 6.79. The van der Waals surface area contributed by atoms with E-state index >= 15 is 0 Å². The molecule has 0 aromatic heterocycles. The molecule has 1 aromatic rings. The van der Waals surface area contributed by atoms with E-state index in [1.54, 1.807) is 12.1 Å². The first-order chi connectivity index (χ1) is 9.31. The lowest BCUT2D eigenvalue weighted by Gasteiger charge is -2.42. The summed E-state index contributed by atoms with van der Waals surface area (Å²) < 4.78 is 14.0. The Bertz CT molecular complexity index is 452. The normalized spacial score (nSPS) is 27.6. The molecule has 0 spiro atoms. The maximum Gasteiger partial charge on any atom is 0.127 e. The van der Waals surface area contributed by atoms with Crippen LogP contribution < -0.4 is 0 Å². The standard InChI is InChI=1S/C17H23BrClF/c1-11-7-8-13(14(18)9-11)17(2,3)10-12-15(19)5-4-6-16(12)20/h4-6,11,13-14H,7-10H2,1-3H3. The minimum Gasteiger partial charge on any atom is -0.207 e. The molecule has 1 aliphatic carbocycles. The Hall–Kier alpha value is -0.0800. The molecule has 3 atom stereocenters. The summed E-state index contributed by atoms with van der Waals surface area (Å²) in [7, 11) is 0. The lowest BCUT2D eigenvalue weighted by Crippen LogP contribution is -2.37. The molecule has 0 N–H and O–H groups in total. The van der Waals surface area contributed by atoms with Crippen LogP contribution in [0.15, 0.2) is 18.2 Å². The van der Waals surface area contributed by atoms with Crippen molar-refractivity contribution in [3.63, 3.8) is 0 Å². The van der Waals surface area contributed by atoms with Crippen molar-refractivity contribution in [1.29, 1.82) is 0 Å². The fourth-order valence-electron chi connectivity index (χ4n) is 3.48. The average molecular weight is 362 g/mol. The first kappa shape index (κ1) is 16.3. The Labute approximate surface area is 135 Å². The van der Waals surface area contributed by atoms with Gasteiger partial charge in [-0.1, -0.05) is 60.8 Å². The van der Waals surface area contributed by atoms with Gasteiger partial charge in [-0.3, -0.25) is 0 Å². The molecule has 20 heavy (non-hydrogen) atoms. The van der Waals surface area contributed by atoms with Gasteiger partial charge in [-0.25, -0.2) is 4.39 Å². The second-order valence-corrected chi connectivity index (χ2v) is 8.49. The van der Waals surface area contributed by atoms with Crippen LogP contribution in [0.5, 0.6) is 0 Å². The van der Waals surface area contributed by atoms with Crippen LogP contribution in [-0.2, 0) is 6.42 Å². The van der Waals surface area contributed by atoms with Gasteiger partial charge in [-0.05, 0) is 48.6 Å². The summed E-state index contributed by atoms with van der Waals surface area (Å²) in [5.41, 5.74) is 0.706. The van der Waals surface area contributed by atoms with Gasteiger partial charge in [0, 0.05) is 15.4 Å². The van der Waals surface area contributed by atoms with Crippen molar-refractivity contribution >= 4 is 27.5 Å². The molecule has 1 aliphatic rings. The Kier molecular flexibility index (Phi) is 5.18. The minimum atomic E-state index is -0.180. The topological polar surface area (TPSA) is 0 Å². The summed E-state index contributed by atoms with van der Waals surface area (Å²) in [5.74, 6) is 1.17. The zero-order chi connectivity index (χ0) is 14.9. The van der Waals surface area contributed by atoms with Gasteiger partial charge in [0.05, 0.1) is 0 Å². The molecule has 2 rings (SSSR count). The molecule has 0 heterocycles. The molecule has 0 radical (unpaired) electrons. The van der Waals surface area contributed by atoms with Crippen molar-refractivity contribution in [3.8, 4) is 0 Å². The quantitative estimate of drug-likeness (QED) is 0.558. The molecule has 0 amide bonds. The first-order valence-electron chi connectivity index (χ1n) is 7.38. The molecular formula is C17H23BrClF. The van der Waals surface area contributed by atoms with Crippen LogP contribution in [-0.4, -0.2) is 4.83 Å². The number of hydrogen-bond donors (Lipinski definition) is 0. The SMILES string of the molecule is CC1CCC(C(C)(C)Cc2c(F)cccc2Cl)C(Br)C1. The van der Waals surface area contributed by atoms with E-state index in [2.05, 4.69) is 36.7 Å². The zero-order valence-electron chi connectivity index (χ0n) is 12.4. The van der Waals surface area contributed by atoms with Gasteiger partial charge in [0.25, 0.3) is 0 Å². The second-order valence-electron chi connectivity index (χ2n) is 6.91. The predicted molar refractivity (Wildman–Crippen MR) is 88.1 cm³/mol. The van der Waals surface area contributed by atoms with Gasteiger partial charge in [0.2, 0.25) is 0 Å². The van der Waals surface area contributed by atoms with Crippen LogP contribution in [0.3, 0.4) is 0 Å². The largest absolute Gasteiger partial charge is 0.207 e. The van der Waals surface area contributed by atoms with Crippen molar-refractivity contribution in [3.05, 3.63) is 34.6 Å². The third-order valence-corrected chi connectivity index (χ3v) is 6.10. The van der Waals surface area contributed by atoms with E-state index in [0.717, 1.165) is 5.92 Å². The van der Waals surface area contributed by atoms with Crippen LogP contribution >= 0.6 is 27.5 Å². The highest BCUT2D eigenvalue weighted by Crippen LogP contribution is 2.45. The lowest BCUT2D eigenvalue weighted by molar-refractivity contribution is 0.146. The molecule has 0 bridgehead atoms. The number of rotatable bonds is 3. The van der Waals surface area contributed by atoms with Gasteiger partial charge in [0.15, 0.2) is 0 Å². The third-order valence-electron chi connectivity index (χ3n) is 4.73. The van der Waals surface area contributed by atoms with Crippen molar-refractivity contribution < 1.29 is 4.39 Å². The molecule has 0 aliphatic heterocycles. The van der Waals surface area contributed by atoms with Crippen molar-refractivity contribution in [2.24, 2.45) is 17.3 Å². The van der Waals surface area contributed by atoms with Gasteiger partial charge in [-0.15, -0.1) is 0 Å². The smallest absolute Gasteiger partial charge is 0.127 e. The maximum atomic E-state index is 14.0. The van der Waals surface area contributed by atoms with E-state index in [4.69, 9.17) is 11.6 Å². The predicted octanol–water partition coefficient (Wildman–Crippen LogP) is 6.25. The van der Waals surface area contributed by atoms with Crippen molar-refractivity contribution in [2.75, 3.05) is 0 Å². The van der Waals surface area contributed by atoms with Crippen molar-refractivity contribution in [2.45, 2.75) is 51.3 Å². The first-order valence-corrected chi connectivity index (χ1v) is 8.67. The fourth-order valence-corrected chi connectivity index (χ4v) is 5.33. The Morgan fingerprint density at radius 2 is 2.05 bits per heavy atom. The Morgan fingerprint density at radius 1 is 1.35 bits per heavy atom. The minimum absolute atomic E-state index is 0.0418. The highest BCUT2D eigenvalue weighted by molar-refractivity contribution is 9.09. The molecule has 0 saturated heterocycles. The summed E-state index contributed by atoms with van der Waals surface area (Å²) in [6.07, 6.45) is 4.37. The molecule has 3 heteroatoms. The van der Waals surface area contributed by atoms with E-state index in [9.17, 15) is 4.39 Å². The highest BCUT2D eigenvalue weighted by atomic mass is 79.9. The number of halogens is 3. The average Bonchev–Trinajstić information content (AvgIpc) is 2.33. The summed E-state index contributed by atoms with van der Waals surface area (Å²) >= 11 is 10.0. The van der Waals surface area contributed by atoms with Gasteiger partial charge >= 0.3 is 0 Å². The van der Waals surface area contributed by atoms with E-state index in [-0.39, 0.29) is 11.2 Å². The number of benzene rings is 1. The fraction of sp³-hybridized carbons (Fsp3) is 0.647. The van der Waals surface area contributed by atoms with Gasteiger partial charge < -0.3 is 0 Å². The van der Waals surface area contributed by atoms with E-state index in [1.807, 2.05) is 0 Å². The van der Waals surface area contributed by atoms with Gasteiger partial charge in [-0.2, -0.15) is 0 Å². The van der Waals surface area contributed by atoms with Crippen LogP contribution in [0.1, 0.15) is 45.6 Å². The Morgan fingerprint density at radius 3 is 2.65 bits per heavy atom. The second kappa shape index (κ2) is 6.36. The van der Waals surface area contributed by atoms with Crippen LogP contribution in [0.2, 0.25) is 5.02 Å². The number of hydrogen-bond acceptors (Lipinski definition) is 0. The third kappa shape index (κ3) is 3.57. The summed E-state index contributed by atoms with van der Waals surface area (Å²) in [4.78, 5) is 0.520. The van der Waals surface area contributed by atoms with Crippen LogP contribution in [0, 0.1) is 23.1 Å². The van der Waals surface area contributed by atoms with Crippen LogP contribution in [0.4, 0.5) is 4.39 Å². The molecule has 1 saturated carbocycles. The van der Waals surface area contributed by atoms with Crippen molar-refractivity contribution in [1.82, 2.24) is 0 Å². The Balaban J connectivity index is 2.18. The summed E-state index contributed by atoms with van der Waals surface area (Å²) in [5, 5.41) is 0.549. The molecule has 1 fully saturated rings. The molecule has 0 nitrogen and oxygen atoms in total. The molecular weight excluding hydrogens is 339 g/mol. The van der Waals surface area contributed by atoms with Crippen LogP contribution in [0.25, 0.3) is 0 Å². The van der Waals surface area contributed by atoms with Gasteiger partial charge in [0.1, 0.15) is 5.82 Å². The molecule has 1 aromatic carbocycles. The monoisotopic (exact) mass is 360 g/mol. The lowest BCUT2D eigenvalue weighted by atomic mass is 9.66. The molecule has 3 unspecified atom stereocenters. The van der Waals surface area contributed by atoms with E-state index < -0.39 is 0 Å². The van der Waals surface area contributed by atoms with E-state index in [1.165, 1.54) is 25.3 Å². The summed E-state index contributed by atoms with van der Waals surface area (Å²) in [6, 6.07) is 4.96. The number of alkyl halides is 1. The zero-order valence-corrected chi connectivity index (χ0v) is 14.8. The molecule has 112 valence electrons.